The topological polar surface area (TPSA) is 58.4 Å². The lowest BCUT2D eigenvalue weighted by Crippen LogP contribution is -2.36. The van der Waals surface area contributed by atoms with Crippen molar-refractivity contribution in [3.63, 3.8) is 0 Å². The summed E-state index contributed by atoms with van der Waals surface area (Å²) in [6, 6.07) is 33.0. The van der Waals surface area contributed by atoms with Crippen LogP contribution < -0.4 is 19.8 Å². The Morgan fingerprint density at radius 2 is 1.35 bits per heavy atom. The first-order valence-corrected chi connectivity index (χ1v) is 17.2. The van der Waals surface area contributed by atoms with Gasteiger partial charge in [-0.2, -0.15) is 0 Å². The van der Waals surface area contributed by atoms with Crippen LogP contribution in [0.1, 0.15) is 44.2 Å². The summed E-state index contributed by atoms with van der Waals surface area (Å²) in [7, 11) is 4.36. The maximum Gasteiger partial charge on any atom is 0.305 e. The summed E-state index contributed by atoms with van der Waals surface area (Å²) in [6.07, 6.45) is 3.49. The average molecular weight is 646 g/mol. The molecule has 0 saturated heterocycles. The SMILES string of the molecule is CCCN(CC)CCN(C)CCCCN(C)c1ccc(-c2cc(=O)c3ccc4c(c3o2)OC(c2ccccc2)(c2ccccc2)O4)cc1. The van der Waals surface area contributed by atoms with Crippen molar-refractivity contribution in [1.82, 2.24) is 9.80 Å². The zero-order chi connectivity index (χ0) is 33.5. The number of benzene rings is 4. The van der Waals surface area contributed by atoms with Crippen LogP contribution in [0.5, 0.6) is 11.5 Å². The molecule has 1 aromatic heterocycles. The van der Waals surface area contributed by atoms with E-state index in [0.717, 1.165) is 67.9 Å². The van der Waals surface area contributed by atoms with E-state index >= 15 is 0 Å². The fourth-order valence-corrected chi connectivity index (χ4v) is 6.44. The van der Waals surface area contributed by atoms with E-state index in [2.05, 4.69) is 54.8 Å². The second-order valence-corrected chi connectivity index (χ2v) is 12.7. The average Bonchev–Trinajstić information content (AvgIpc) is 3.54. The van der Waals surface area contributed by atoms with Crippen LogP contribution in [0.4, 0.5) is 5.69 Å². The molecule has 0 fully saturated rings. The van der Waals surface area contributed by atoms with Gasteiger partial charge in [0, 0.05) is 55.1 Å². The van der Waals surface area contributed by atoms with Crippen LogP contribution in [0.2, 0.25) is 0 Å². The first-order valence-electron chi connectivity index (χ1n) is 17.2. The van der Waals surface area contributed by atoms with Crippen LogP contribution in [-0.2, 0) is 5.79 Å². The predicted molar refractivity (Wildman–Crippen MR) is 195 cm³/mol. The van der Waals surface area contributed by atoms with Crippen molar-refractivity contribution in [3.05, 3.63) is 124 Å². The van der Waals surface area contributed by atoms with Crippen molar-refractivity contribution in [2.75, 3.05) is 58.3 Å². The molecular weight excluding hydrogens is 598 g/mol. The van der Waals surface area contributed by atoms with Crippen molar-refractivity contribution >= 4 is 16.7 Å². The number of hydrogen-bond donors (Lipinski definition) is 0. The van der Waals surface area contributed by atoms with Crippen LogP contribution in [0.25, 0.3) is 22.3 Å². The number of rotatable bonds is 15. The molecule has 0 aliphatic carbocycles. The van der Waals surface area contributed by atoms with Crippen molar-refractivity contribution in [2.45, 2.75) is 38.9 Å². The molecule has 6 rings (SSSR count). The van der Waals surface area contributed by atoms with E-state index in [-0.39, 0.29) is 5.43 Å². The third-order valence-corrected chi connectivity index (χ3v) is 9.28. The third kappa shape index (κ3) is 7.13. The Hall–Kier alpha value is -4.59. The van der Waals surface area contributed by atoms with Gasteiger partial charge in [-0.05, 0) is 82.3 Å². The minimum Gasteiger partial charge on any atom is -0.452 e. The Morgan fingerprint density at radius 3 is 2.00 bits per heavy atom. The van der Waals surface area contributed by atoms with Gasteiger partial charge in [0.15, 0.2) is 16.8 Å². The van der Waals surface area contributed by atoms with E-state index in [1.807, 2.05) is 72.8 Å². The Labute approximate surface area is 284 Å². The van der Waals surface area contributed by atoms with E-state index in [0.29, 0.717) is 28.2 Å². The molecule has 0 radical (unpaired) electrons. The Kier molecular flexibility index (Phi) is 10.5. The fraction of sp³-hybridized carbons (Fsp3) is 0.341. The van der Waals surface area contributed by atoms with Gasteiger partial charge in [0.25, 0.3) is 0 Å². The van der Waals surface area contributed by atoms with E-state index < -0.39 is 5.79 Å². The van der Waals surface area contributed by atoms with E-state index in [1.165, 1.54) is 13.0 Å². The van der Waals surface area contributed by atoms with Gasteiger partial charge in [-0.25, -0.2) is 0 Å². The number of likely N-dealkylation sites (N-methyl/N-ethyl adjacent to an activating group) is 2. The quantitative estimate of drug-likeness (QED) is 0.107. The summed E-state index contributed by atoms with van der Waals surface area (Å²) < 4.78 is 19.8. The van der Waals surface area contributed by atoms with E-state index in [4.69, 9.17) is 13.9 Å². The van der Waals surface area contributed by atoms with Crippen LogP contribution in [0.15, 0.2) is 112 Å². The highest BCUT2D eigenvalue weighted by Crippen LogP contribution is 2.50. The maximum atomic E-state index is 13.4. The van der Waals surface area contributed by atoms with Crippen molar-refractivity contribution in [1.29, 1.82) is 0 Å². The van der Waals surface area contributed by atoms with Gasteiger partial charge in [0.1, 0.15) is 5.76 Å². The number of ether oxygens (including phenoxy) is 2. The summed E-state index contributed by atoms with van der Waals surface area (Å²) in [6.45, 7) is 11.1. The molecule has 48 heavy (non-hydrogen) atoms. The lowest BCUT2D eigenvalue weighted by atomic mass is 9.97. The molecule has 1 aliphatic rings. The van der Waals surface area contributed by atoms with Crippen LogP contribution in [0.3, 0.4) is 0 Å². The normalized spacial score (nSPS) is 13.5. The summed E-state index contributed by atoms with van der Waals surface area (Å²) in [4.78, 5) is 20.6. The lowest BCUT2D eigenvalue weighted by molar-refractivity contribution is -0.0456. The molecule has 0 atom stereocenters. The maximum absolute atomic E-state index is 13.4. The number of fused-ring (bicyclic) bond motifs is 3. The van der Waals surface area contributed by atoms with Gasteiger partial charge in [0.2, 0.25) is 5.75 Å². The number of nitrogens with zero attached hydrogens (tertiary/aromatic N) is 3. The highest BCUT2D eigenvalue weighted by molar-refractivity contribution is 5.87. The fourth-order valence-electron chi connectivity index (χ4n) is 6.44. The smallest absolute Gasteiger partial charge is 0.305 e. The minimum atomic E-state index is -1.21. The standard InChI is InChI=1S/C41H47N3O4/c1-5-25-44(6-2)29-28-42(3)26-13-14-27-43(4)34-21-19-31(20-22-34)38-30-36(45)35-23-24-37-40(39(35)46-38)48-41(47-37,32-15-9-7-10-16-32)33-17-11-8-12-18-33/h7-12,15-24,30H,5-6,13-14,25-29H2,1-4H3. The first-order chi connectivity index (χ1) is 23.4. The zero-order valence-corrected chi connectivity index (χ0v) is 28.7. The number of hydrogen-bond acceptors (Lipinski definition) is 7. The van der Waals surface area contributed by atoms with Gasteiger partial charge >= 0.3 is 5.79 Å². The molecule has 4 aromatic carbocycles. The highest BCUT2D eigenvalue weighted by Gasteiger charge is 2.46. The molecule has 2 heterocycles. The molecule has 7 heteroatoms. The third-order valence-electron chi connectivity index (χ3n) is 9.28. The summed E-state index contributed by atoms with van der Waals surface area (Å²) >= 11 is 0. The van der Waals surface area contributed by atoms with E-state index in [1.54, 1.807) is 18.2 Å². The molecule has 5 aromatic rings. The molecule has 0 amide bonds. The number of unbranched alkanes of at least 4 members (excludes halogenated alkanes) is 1. The van der Waals surface area contributed by atoms with Crippen molar-refractivity contribution in [3.8, 4) is 22.8 Å². The Balaban J connectivity index is 1.16. The van der Waals surface area contributed by atoms with Crippen LogP contribution in [0, 0.1) is 0 Å². The predicted octanol–water partition coefficient (Wildman–Crippen LogP) is 8.01. The monoisotopic (exact) mass is 645 g/mol. The lowest BCUT2D eigenvalue weighted by Gasteiger charge is -2.28. The molecule has 0 unspecified atom stereocenters. The van der Waals surface area contributed by atoms with Crippen molar-refractivity contribution in [2.24, 2.45) is 0 Å². The zero-order valence-electron chi connectivity index (χ0n) is 28.7. The van der Waals surface area contributed by atoms with Gasteiger partial charge < -0.3 is 28.6 Å². The van der Waals surface area contributed by atoms with Gasteiger partial charge in [0.05, 0.1) is 5.39 Å². The molecule has 7 nitrogen and oxygen atoms in total. The Morgan fingerprint density at radius 1 is 0.688 bits per heavy atom. The van der Waals surface area contributed by atoms with Crippen molar-refractivity contribution < 1.29 is 13.9 Å². The minimum absolute atomic E-state index is 0.131. The largest absolute Gasteiger partial charge is 0.452 e. The van der Waals surface area contributed by atoms with Crippen LogP contribution >= 0.6 is 0 Å². The summed E-state index contributed by atoms with van der Waals surface area (Å²) in [5.41, 5.74) is 3.89. The van der Waals surface area contributed by atoms with Crippen LogP contribution in [-0.4, -0.2) is 63.2 Å². The molecule has 1 aliphatic heterocycles. The summed E-state index contributed by atoms with van der Waals surface area (Å²) in [5, 5.41) is 0.448. The van der Waals surface area contributed by atoms with E-state index in [9.17, 15) is 4.79 Å². The molecule has 250 valence electrons. The molecule has 0 bridgehead atoms. The Bertz CT molecular complexity index is 1800. The van der Waals surface area contributed by atoms with Gasteiger partial charge in [-0.3, -0.25) is 4.79 Å². The second-order valence-electron chi connectivity index (χ2n) is 12.7. The second kappa shape index (κ2) is 15.1. The molecule has 0 saturated carbocycles. The van der Waals surface area contributed by atoms with Gasteiger partial charge in [-0.15, -0.1) is 0 Å². The molecular formula is C41H47N3O4. The number of anilines is 1. The molecule has 0 spiro atoms. The van der Waals surface area contributed by atoms with Gasteiger partial charge in [-0.1, -0.05) is 74.5 Å². The first kappa shape index (κ1) is 33.3. The summed E-state index contributed by atoms with van der Waals surface area (Å²) in [5.74, 6) is 0.224. The highest BCUT2D eigenvalue weighted by atomic mass is 16.7. The molecule has 0 N–H and O–H groups in total.